The number of hydrogen-bond acceptors (Lipinski definition) is 10. The van der Waals surface area contributed by atoms with Crippen molar-refractivity contribution >= 4 is 17.6 Å². The Kier molecular flexibility index (Phi) is 9.63. The summed E-state index contributed by atoms with van der Waals surface area (Å²) in [4.78, 5) is 33.9. The Balaban J connectivity index is 1.26. The SMILES string of the molecule is CN1CCC[C@H]1COc1nc2c(c(N3CCN(C(=O)OCc4ccccc4)[C@@H](CC#N)C3)n1)CCN(c1ccncc1C(F)(F)F)C2. The van der Waals surface area contributed by atoms with Crippen LogP contribution < -0.4 is 14.5 Å². The zero-order valence-electron chi connectivity index (χ0n) is 26.2. The molecule has 11 nitrogen and oxygen atoms in total. The molecule has 248 valence electrons. The Morgan fingerprint density at radius 1 is 1.06 bits per heavy atom. The summed E-state index contributed by atoms with van der Waals surface area (Å²) in [6, 6.07) is 12.9. The molecule has 0 spiro atoms. The van der Waals surface area contributed by atoms with Gasteiger partial charge in [0.15, 0.2) is 0 Å². The summed E-state index contributed by atoms with van der Waals surface area (Å²) in [6.07, 6.45) is -0.281. The van der Waals surface area contributed by atoms with Crippen LogP contribution in [0.3, 0.4) is 0 Å². The summed E-state index contributed by atoms with van der Waals surface area (Å²) in [7, 11) is 2.05. The fourth-order valence-electron chi connectivity index (χ4n) is 6.53. The minimum atomic E-state index is -4.56. The van der Waals surface area contributed by atoms with Crippen molar-refractivity contribution in [3.8, 4) is 12.1 Å². The van der Waals surface area contributed by atoms with Crippen molar-refractivity contribution in [2.24, 2.45) is 0 Å². The maximum absolute atomic E-state index is 13.9. The lowest BCUT2D eigenvalue weighted by molar-refractivity contribution is -0.137. The first-order valence-corrected chi connectivity index (χ1v) is 15.8. The van der Waals surface area contributed by atoms with Crippen molar-refractivity contribution in [1.82, 2.24) is 24.8 Å². The highest BCUT2D eigenvalue weighted by Crippen LogP contribution is 2.39. The minimum Gasteiger partial charge on any atom is -0.462 e. The number of amides is 1. The Hall–Kier alpha value is -4.64. The molecule has 2 atom stereocenters. The molecule has 1 amide bonds. The Morgan fingerprint density at radius 3 is 2.64 bits per heavy atom. The lowest BCUT2D eigenvalue weighted by atomic mass is 10.0. The van der Waals surface area contributed by atoms with Crippen molar-refractivity contribution in [2.75, 3.05) is 56.2 Å². The fourth-order valence-corrected chi connectivity index (χ4v) is 6.53. The van der Waals surface area contributed by atoms with Crippen LogP contribution in [0.1, 0.15) is 41.6 Å². The van der Waals surface area contributed by atoms with Crippen LogP contribution in [0.5, 0.6) is 6.01 Å². The standard InChI is InChI=1S/C33H37F3N8O3/c1-41-14-5-8-25(41)22-46-31-39-28-20-42(29-10-13-38-18-27(29)33(34,35)36)15-11-26(28)30(40-31)43-16-17-44(24(19-43)9-12-37)32(45)47-21-23-6-3-2-4-7-23/h2-4,6-7,10,13,18,24-25H,5,8-9,11,14-17,19-22H2,1H3/t24-,25-/m0/s1. The number of halogens is 3. The molecular formula is C33H37F3N8O3. The van der Waals surface area contributed by atoms with Crippen LogP contribution in [-0.2, 0) is 30.5 Å². The van der Waals surface area contributed by atoms with Gasteiger partial charge in [0.1, 0.15) is 19.0 Å². The van der Waals surface area contributed by atoms with E-state index < -0.39 is 23.9 Å². The van der Waals surface area contributed by atoms with Crippen molar-refractivity contribution in [1.29, 1.82) is 5.26 Å². The van der Waals surface area contributed by atoms with Gasteiger partial charge in [-0.25, -0.2) is 4.79 Å². The molecule has 0 N–H and O–H groups in total. The largest absolute Gasteiger partial charge is 0.462 e. The summed E-state index contributed by atoms with van der Waals surface area (Å²) in [6.45, 7) is 2.99. The third kappa shape index (κ3) is 7.35. The maximum atomic E-state index is 13.9. The number of carbonyl (C=O) groups is 1. The Morgan fingerprint density at radius 2 is 1.89 bits per heavy atom. The van der Waals surface area contributed by atoms with Crippen molar-refractivity contribution < 1.29 is 27.4 Å². The van der Waals surface area contributed by atoms with E-state index in [-0.39, 0.29) is 37.3 Å². The van der Waals surface area contributed by atoms with E-state index >= 15 is 0 Å². The highest BCUT2D eigenvalue weighted by molar-refractivity contribution is 5.69. The van der Waals surface area contributed by atoms with E-state index in [1.807, 2.05) is 42.3 Å². The number of piperazine rings is 1. The first kappa shape index (κ1) is 32.3. The fraction of sp³-hybridized carbons (Fsp3) is 0.485. The van der Waals surface area contributed by atoms with E-state index in [1.54, 1.807) is 9.80 Å². The van der Waals surface area contributed by atoms with Gasteiger partial charge in [-0.05, 0) is 44.5 Å². The number of anilines is 2. The van der Waals surface area contributed by atoms with Crippen LogP contribution in [0.4, 0.5) is 29.5 Å². The quantitative estimate of drug-likeness (QED) is 0.341. The number of ether oxygens (including phenoxy) is 2. The molecule has 47 heavy (non-hydrogen) atoms. The third-order valence-electron chi connectivity index (χ3n) is 9.09. The van der Waals surface area contributed by atoms with E-state index in [9.17, 15) is 23.2 Å². The topological polar surface area (TPSA) is 111 Å². The summed E-state index contributed by atoms with van der Waals surface area (Å²) < 4.78 is 53.4. The molecule has 3 aliphatic rings. The van der Waals surface area contributed by atoms with E-state index in [0.29, 0.717) is 50.7 Å². The third-order valence-corrected chi connectivity index (χ3v) is 9.09. The van der Waals surface area contributed by atoms with Crippen molar-refractivity contribution in [2.45, 2.75) is 57.1 Å². The predicted octanol–water partition coefficient (Wildman–Crippen LogP) is 4.67. The number of hydrogen-bond donors (Lipinski definition) is 0. The number of carbonyl (C=O) groups excluding carboxylic acids is 1. The van der Waals surface area contributed by atoms with Gasteiger partial charge in [0.05, 0.1) is 42.0 Å². The number of pyridine rings is 1. The molecule has 0 bridgehead atoms. The Bertz CT molecular complexity index is 1600. The maximum Gasteiger partial charge on any atom is 0.419 e. The van der Waals surface area contributed by atoms with Crippen molar-refractivity contribution in [3.63, 3.8) is 0 Å². The molecule has 0 unspecified atom stereocenters. The Labute approximate surface area is 271 Å². The van der Waals surface area contributed by atoms with Crippen LogP contribution >= 0.6 is 0 Å². The number of alkyl halides is 3. The molecule has 0 radical (unpaired) electrons. The molecule has 14 heteroatoms. The second-order valence-electron chi connectivity index (χ2n) is 12.1. The van der Waals surface area contributed by atoms with E-state index in [0.717, 1.165) is 36.7 Å². The van der Waals surface area contributed by atoms with Crippen LogP contribution in [0.15, 0.2) is 48.8 Å². The van der Waals surface area contributed by atoms with Crippen LogP contribution in [0.25, 0.3) is 0 Å². The van der Waals surface area contributed by atoms with E-state index in [4.69, 9.17) is 19.4 Å². The number of aromatic nitrogens is 3. The summed E-state index contributed by atoms with van der Waals surface area (Å²) in [5.74, 6) is 0.621. The molecule has 5 heterocycles. The number of nitriles is 1. The van der Waals surface area contributed by atoms with Crippen molar-refractivity contribution in [3.05, 3.63) is 71.2 Å². The second kappa shape index (κ2) is 14.0. The van der Waals surface area contributed by atoms with Crippen LogP contribution in [0, 0.1) is 11.3 Å². The summed E-state index contributed by atoms with van der Waals surface area (Å²) >= 11 is 0. The number of benzene rings is 1. The normalized spacial score (nSPS) is 20.1. The predicted molar refractivity (Wildman–Crippen MR) is 167 cm³/mol. The molecule has 0 saturated carbocycles. The smallest absolute Gasteiger partial charge is 0.419 e. The minimum absolute atomic E-state index is 0.0464. The number of fused-ring (bicyclic) bond motifs is 1. The van der Waals surface area contributed by atoms with Crippen LogP contribution in [-0.4, -0.2) is 89.3 Å². The molecule has 3 aliphatic heterocycles. The van der Waals surface area contributed by atoms with Gasteiger partial charge >= 0.3 is 18.3 Å². The highest BCUT2D eigenvalue weighted by Gasteiger charge is 2.38. The van der Waals surface area contributed by atoms with Gasteiger partial charge in [-0.1, -0.05) is 30.3 Å². The molecule has 1 aromatic carbocycles. The molecule has 0 aliphatic carbocycles. The van der Waals surface area contributed by atoms with E-state index in [1.165, 1.54) is 12.3 Å². The summed E-state index contributed by atoms with van der Waals surface area (Å²) in [5.41, 5.74) is 1.52. The molecule has 2 fully saturated rings. The highest BCUT2D eigenvalue weighted by atomic mass is 19.4. The molecule has 2 saturated heterocycles. The number of likely N-dealkylation sites (N-methyl/N-ethyl adjacent to an activating group) is 1. The molecule has 6 rings (SSSR count). The molecule has 2 aromatic heterocycles. The zero-order valence-corrected chi connectivity index (χ0v) is 26.2. The lowest BCUT2D eigenvalue weighted by Gasteiger charge is -2.42. The lowest BCUT2D eigenvalue weighted by Crippen LogP contribution is -2.55. The molecular weight excluding hydrogens is 613 g/mol. The van der Waals surface area contributed by atoms with Gasteiger partial charge in [0, 0.05) is 50.2 Å². The van der Waals surface area contributed by atoms with Gasteiger partial charge in [0.25, 0.3) is 0 Å². The molecule has 3 aromatic rings. The average Bonchev–Trinajstić information content (AvgIpc) is 3.50. The van der Waals surface area contributed by atoms with Crippen LogP contribution in [0.2, 0.25) is 0 Å². The second-order valence-corrected chi connectivity index (χ2v) is 12.1. The van der Waals surface area contributed by atoms with Gasteiger partial charge in [-0.2, -0.15) is 28.4 Å². The van der Waals surface area contributed by atoms with Gasteiger partial charge < -0.3 is 29.1 Å². The van der Waals surface area contributed by atoms with Gasteiger partial charge in [0.2, 0.25) is 0 Å². The van der Waals surface area contributed by atoms with Gasteiger partial charge in [-0.3, -0.25) is 4.98 Å². The first-order chi connectivity index (χ1) is 22.7. The number of nitrogens with zero attached hydrogens (tertiary/aromatic N) is 8. The number of rotatable bonds is 8. The number of likely N-dealkylation sites (tertiary alicyclic amines) is 1. The van der Waals surface area contributed by atoms with Gasteiger partial charge in [-0.15, -0.1) is 0 Å². The average molecular weight is 651 g/mol. The first-order valence-electron chi connectivity index (χ1n) is 15.8. The van der Waals surface area contributed by atoms with E-state index in [2.05, 4.69) is 16.0 Å². The monoisotopic (exact) mass is 650 g/mol. The zero-order chi connectivity index (χ0) is 33.0. The summed E-state index contributed by atoms with van der Waals surface area (Å²) in [5, 5.41) is 9.64.